The number of ether oxygens (including phenoxy) is 1. The summed E-state index contributed by atoms with van der Waals surface area (Å²) in [6.45, 7) is 14.3. The average molecular weight is 347 g/mol. The summed E-state index contributed by atoms with van der Waals surface area (Å²) in [7, 11) is 0. The number of hydrogen-bond donors (Lipinski definition) is 2. The van der Waals surface area contributed by atoms with Gasteiger partial charge in [-0.3, -0.25) is 9.59 Å². The molecule has 0 aliphatic rings. The summed E-state index contributed by atoms with van der Waals surface area (Å²) in [5, 5.41) is 11.2. The number of nitrogens with one attached hydrogen (secondary N) is 1. The minimum Gasteiger partial charge on any atom is -0.480 e. The molecule has 1 amide bonds. The zero-order valence-corrected chi connectivity index (χ0v) is 16.2. The van der Waals surface area contributed by atoms with Crippen LogP contribution in [-0.2, 0) is 23.9 Å². The van der Waals surface area contributed by atoms with Gasteiger partial charge in [0.1, 0.15) is 17.4 Å². The zero-order valence-electron chi connectivity index (χ0n) is 16.2. The lowest BCUT2D eigenvalue weighted by molar-refractivity contribution is -0.158. The van der Waals surface area contributed by atoms with Gasteiger partial charge in [0.15, 0.2) is 0 Å². The molecule has 0 aliphatic carbocycles. The first-order chi connectivity index (χ1) is 11.0. The number of carbonyl (C=O) groups is 4. The standard InChI is InChI=1S/C13H21NO6.2C2H6/c1-8(15)5-6-10(16)14-9(12(18)19)7-11(17)20-13(2,3)4;2*1-2/h9H,5-7H2,1-4H3,(H,14,16)(H,18,19);2*1-2H3. The van der Waals surface area contributed by atoms with Crippen LogP contribution in [-0.4, -0.2) is 40.4 Å². The van der Waals surface area contributed by atoms with Gasteiger partial charge in [-0.15, -0.1) is 0 Å². The van der Waals surface area contributed by atoms with E-state index in [1.165, 1.54) is 6.92 Å². The second-order valence-electron chi connectivity index (χ2n) is 5.45. The monoisotopic (exact) mass is 347 g/mol. The molecule has 0 saturated carbocycles. The predicted octanol–water partition coefficient (Wildman–Crippen LogP) is 2.71. The Kier molecular flexibility index (Phi) is 16.5. The molecule has 0 spiro atoms. The molecule has 0 aliphatic heterocycles. The number of carboxylic acids is 1. The van der Waals surface area contributed by atoms with Crippen LogP contribution >= 0.6 is 0 Å². The van der Waals surface area contributed by atoms with Crippen molar-refractivity contribution < 1.29 is 29.0 Å². The van der Waals surface area contributed by atoms with E-state index >= 15 is 0 Å². The van der Waals surface area contributed by atoms with Crippen LogP contribution in [0.1, 0.15) is 74.7 Å². The molecule has 24 heavy (non-hydrogen) atoms. The van der Waals surface area contributed by atoms with Crippen LogP contribution in [0.3, 0.4) is 0 Å². The minimum absolute atomic E-state index is 0.0324. The SMILES string of the molecule is CC.CC.CC(=O)CCC(=O)NC(CC(=O)OC(C)(C)C)C(=O)O. The fraction of sp³-hybridized carbons (Fsp3) is 0.765. The van der Waals surface area contributed by atoms with Crippen LogP contribution in [0.25, 0.3) is 0 Å². The summed E-state index contributed by atoms with van der Waals surface area (Å²) in [4.78, 5) is 44.7. The normalized spacial score (nSPS) is 10.8. The second kappa shape index (κ2) is 14.7. The number of carbonyl (C=O) groups excluding carboxylic acids is 3. The Morgan fingerprint density at radius 3 is 1.79 bits per heavy atom. The molecular weight excluding hydrogens is 314 g/mol. The van der Waals surface area contributed by atoms with Crippen molar-refractivity contribution in [3.8, 4) is 0 Å². The van der Waals surface area contributed by atoms with E-state index in [9.17, 15) is 19.2 Å². The summed E-state index contributed by atoms with van der Waals surface area (Å²) in [5.74, 6) is -2.79. The Morgan fingerprint density at radius 1 is 1.00 bits per heavy atom. The lowest BCUT2D eigenvalue weighted by Gasteiger charge is -2.21. The molecule has 0 saturated heterocycles. The maximum Gasteiger partial charge on any atom is 0.326 e. The van der Waals surface area contributed by atoms with Crippen molar-refractivity contribution in [3.05, 3.63) is 0 Å². The molecule has 0 fully saturated rings. The van der Waals surface area contributed by atoms with Gasteiger partial charge >= 0.3 is 11.9 Å². The van der Waals surface area contributed by atoms with Gasteiger partial charge in [0.25, 0.3) is 0 Å². The van der Waals surface area contributed by atoms with E-state index in [4.69, 9.17) is 9.84 Å². The van der Waals surface area contributed by atoms with E-state index in [1.54, 1.807) is 20.8 Å². The highest BCUT2D eigenvalue weighted by Gasteiger charge is 2.26. The topological polar surface area (TPSA) is 110 Å². The smallest absolute Gasteiger partial charge is 0.326 e. The molecule has 0 radical (unpaired) electrons. The first kappa shape index (κ1) is 27.0. The molecule has 0 aromatic heterocycles. The number of amides is 1. The number of Topliss-reactive ketones (excluding diaryl/α,β-unsaturated/α-hetero) is 1. The van der Waals surface area contributed by atoms with Crippen molar-refractivity contribution in [1.29, 1.82) is 0 Å². The third-order valence-corrected chi connectivity index (χ3v) is 2.13. The largest absolute Gasteiger partial charge is 0.480 e. The van der Waals surface area contributed by atoms with E-state index in [0.717, 1.165) is 0 Å². The van der Waals surface area contributed by atoms with Crippen LogP contribution in [0.15, 0.2) is 0 Å². The Hall–Kier alpha value is -1.92. The maximum atomic E-state index is 11.5. The summed E-state index contributed by atoms with van der Waals surface area (Å²) in [6, 6.07) is -1.36. The van der Waals surface area contributed by atoms with Crippen molar-refractivity contribution in [2.75, 3.05) is 0 Å². The number of esters is 1. The summed E-state index contributed by atoms with van der Waals surface area (Å²) in [5.41, 5.74) is -0.723. The first-order valence-corrected chi connectivity index (χ1v) is 8.24. The average Bonchev–Trinajstić information content (AvgIpc) is 2.46. The molecule has 142 valence electrons. The van der Waals surface area contributed by atoms with Crippen molar-refractivity contribution in [3.63, 3.8) is 0 Å². The van der Waals surface area contributed by atoms with Gasteiger partial charge in [-0.1, -0.05) is 27.7 Å². The molecule has 0 rings (SSSR count). The molecule has 2 N–H and O–H groups in total. The van der Waals surface area contributed by atoms with E-state index in [-0.39, 0.29) is 18.6 Å². The molecule has 0 aromatic carbocycles. The quantitative estimate of drug-likeness (QED) is 0.685. The Balaban J connectivity index is -0.00000102. The van der Waals surface area contributed by atoms with Gasteiger partial charge in [-0.25, -0.2) is 4.79 Å². The Morgan fingerprint density at radius 2 is 1.46 bits per heavy atom. The number of hydrogen-bond acceptors (Lipinski definition) is 5. The number of rotatable bonds is 7. The van der Waals surface area contributed by atoms with Crippen molar-refractivity contribution in [2.45, 2.75) is 86.3 Å². The number of carboxylic acid groups (broad SMARTS) is 1. The second-order valence-corrected chi connectivity index (χ2v) is 5.45. The van der Waals surface area contributed by atoms with Crippen LogP contribution in [0, 0.1) is 0 Å². The van der Waals surface area contributed by atoms with E-state index in [2.05, 4.69) is 5.32 Å². The summed E-state index contributed by atoms with van der Waals surface area (Å²) >= 11 is 0. The van der Waals surface area contributed by atoms with E-state index in [1.807, 2.05) is 27.7 Å². The van der Waals surface area contributed by atoms with Gasteiger partial charge in [-0.2, -0.15) is 0 Å². The van der Waals surface area contributed by atoms with Crippen LogP contribution < -0.4 is 5.32 Å². The van der Waals surface area contributed by atoms with E-state index < -0.39 is 35.9 Å². The molecule has 7 heteroatoms. The highest BCUT2D eigenvalue weighted by atomic mass is 16.6. The van der Waals surface area contributed by atoms with Crippen LogP contribution in [0.5, 0.6) is 0 Å². The molecule has 1 unspecified atom stereocenters. The van der Waals surface area contributed by atoms with Gasteiger partial charge in [0.05, 0.1) is 6.42 Å². The summed E-state index contributed by atoms with van der Waals surface area (Å²) in [6.07, 6.45) is -0.531. The maximum absolute atomic E-state index is 11.5. The van der Waals surface area contributed by atoms with Crippen LogP contribution in [0.4, 0.5) is 0 Å². The first-order valence-electron chi connectivity index (χ1n) is 8.24. The number of ketones is 1. The van der Waals surface area contributed by atoms with Gasteiger partial charge in [0.2, 0.25) is 5.91 Å². The van der Waals surface area contributed by atoms with Crippen molar-refractivity contribution >= 4 is 23.6 Å². The van der Waals surface area contributed by atoms with Crippen molar-refractivity contribution in [2.24, 2.45) is 0 Å². The van der Waals surface area contributed by atoms with Gasteiger partial charge in [0, 0.05) is 12.8 Å². The fourth-order valence-electron chi connectivity index (χ4n) is 1.31. The number of aliphatic carboxylic acids is 1. The third kappa shape index (κ3) is 18.1. The minimum atomic E-state index is -1.36. The van der Waals surface area contributed by atoms with Crippen LogP contribution in [0.2, 0.25) is 0 Å². The molecule has 7 nitrogen and oxygen atoms in total. The van der Waals surface area contributed by atoms with E-state index in [0.29, 0.717) is 0 Å². The van der Waals surface area contributed by atoms with Crippen molar-refractivity contribution in [1.82, 2.24) is 5.32 Å². The van der Waals surface area contributed by atoms with Gasteiger partial charge < -0.3 is 20.0 Å². The molecule has 0 bridgehead atoms. The highest BCUT2D eigenvalue weighted by molar-refractivity contribution is 5.89. The molecule has 0 aromatic rings. The lowest BCUT2D eigenvalue weighted by atomic mass is 10.1. The zero-order chi connectivity index (χ0) is 19.9. The summed E-state index contributed by atoms with van der Waals surface area (Å²) < 4.78 is 4.99. The van der Waals surface area contributed by atoms with Gasteiger partial charge in [-0.05, 0) is 27.7 Å². The predicted molar refractivity (Wildman–Crippen MR) is 92.6 cm³/mol. The third-order valence-electron chi connectivity index (χ3n) is 2.13. The lowest BCUT2D eigenvalue weighted by Crippen LogP contribution is -2.43. The fourth-order valence-corrected chi connectivity index (χ4v) is 1.31. The Bertz CT molecular complexity index is 398. The Labute approximate surface area is 145 Å². The highest BCUT2D eigenvalue weighted by Crippen LogP contribution is 2.09. The molecule has 0 heterocycles. The molecule has 1 atom stereocenters. The molecular formula is C17H33NO6.